The van der Waals surface area contributed by atoms with E-state index in [2.05, 4.69) is 59.4 Å². The van der Waals surface area contributed by atoms with Crippen molar-refractivity contribution >= 4 is 22.8 Å². The molecule has 12 heteroatoms. The summed E-state index contributed by atoms with van der Waals surface area (Å²) in [4.78, 5) is 28.6. The number of hydrogen-bond acceptors (Lipinski definition) is 10. The maximum absolute atomic E-state index is 13.5. The molecule has 0 radical (unpaired) electrons. The quantitative estimate of drug-likeness (QED) is 0.257. The smallest absolute Gasteiger partial charge is 0.234 e. The lowest BCUT2D eigenvalue weighted by molar-refractivity contribution is 0.211. The van der Waals surface area contributed by atoms with Crippen molar-refractivity contribution in [2.75, 3.05) is 24.1 Å². The first-order valence-electron chi connectivity index (χ1n) is 14.6. The van der Waals surface area contributed by atoms with Crippen LogP contribution in [0.5, 0.6) is 0 Å². The number of anilines is 2. The Kier molecular flexibility index (Phi) is 7.51. The lowest BCUT2D eigenvalue weighted by Crippen LogP contribution is -2.38. The van der Waals surface area contributed by atoms with Gasteiger partial charge >= 0.3 is 0 Å². The highest BCUT2D eigenvalue weighted by molar-refractivity contribution is 5.85. The monoisotopic (exact) mass is 597 g/mol. The molecule has 6 aromatic rings. The van der Waals surface area contributed by atoms with Gasteiger partial charge in [-0.3, -0.25) is 14.5 Å². The molecule has 0 bridgehead atoms. The summed E-state index contributed by atoms with van der Waals surface area (Å²) in [6, 6.07) is 21.2. The summed E-state index contributed by atoms with van der Waals surface area (Å²) < 4.78 is 15.6. The number of pyridine rings is 3. The number of nitrogens with zero attached hydrogens (tertiary/aromatic N) is 9. The maximum atomic E-state index is 13.5. The maximum Gasteiger partial charge on any atom is 0.234 e. The molecule has 1 saturated heterocycles. The van der Waals surface area contributed by atoms with Crippen LogP contribution in [0.25, 0.3) is 39.5 Å². The van der Waals surface area contributed by atoms with E-state index >= 15 is 0 Å². The van der Waals surface area contributed by atoms with Crippen LogP contribution < -0.4 is 11.1 Å². The molecule has 0 atom stereocenters. The summed E-state index contributed by atoms with van der Waals surface area (Å²) >= 11 is 0. The second-order valence-electron chi connectivity index (χ2n) is 10.9. The number of nitrogen functional groups attached to an aromatic ring is 1. The normalized spacial score (nSPS) is 14.0. The molecule has 0 saturated carbocycles. The Morgan fingerprint density at radius 1 is 0.933 bits per heavy atom. The molecule has 7 rings (SSSR count). The molecule has 1 fully saturated rings. The highest BCUT2D eigenvalue weighted by Gasteiger charge is 2.21. The van der Waals surface area contributed by atoms with Crippen molar-refractivity contribution in [2.45, 2.75) is 25.4 Å². The van der Waals surface area contributed by atoms with E-state index in [0.29, 0.717) is 40.4 Å². The third-order valence-electron chi connectivity index (χ3n) is 7.91. The van der Waals surface area contributed by atoms with Gasteiger partial charge in [0.15, 0.2) is 11.5 Å². The molecule has 6 heterocycles. The summed E-state index contributed by atoms with van der Waals surface area (Å²) in [6.07, 6.45) is 8.08. The summed E-state index contributed by atoms with van der Waals surface area (Å²) in [6.45, 7) is 2.71. The van der Waals surface area contributed by atoms with Crippen LogP contribution in [0.4, 0.5) is 16.0 Å². The van der Waals surface area contributed by atoms with E-state index in [0.717, 1.165) is 49.2 Å². The molecule has 1 aliphatic rings. The van der Waals surface area contributed by atoms with Crippen LogP contribution in [0.1, 0.15) is 24.2 Å². The highest BCUT2D eigenvalue weighted by atomic mass is 19.1. The number of benzene rings is 1. The van der Waals surface area contributed by atoms with Crippen LogP contribution in [-0.4, -0.2) is 58.5 Å². The van der Waals surface area contributed by atoms with E-state index in [9.17, 15) is 4.39 Å². The largest absolute Gasteiger partial charge is 0.383 e. The summed E-state index contributed by atoms with van der Waals surface area (Å²) in [5, 5.41) is 12.5. The van der Waals surface area contributed by atoms with E-state index in [1.54, 1.807) is 30.7 Å². The zero-order chi connectivity index (χ0) is 30.8. The minimum Gasteiger partial charge on any atom is -0.383 e. The van der Waals surface area contributed by atoms with Crippen molar-refractivity contribution in [3.63, 3.8) is 0 Å². The number of rotatable bonds is 7. The summed E-state index contributed by atoms with van der Waals surface area (Å²) in [5.74, 6) is 1.45. The minimum atomic E-state index is -0.398. The molecule has 3 N–H and O–H groups in total. The number of nitrogens with one attached hydrogen (secondary N) is 1. The lowest BCUT2D eigenvalue weighted by atomic mass is 10.0. The molecular weight excluding hydrogens is 569 g/mol. The molecule has 5 aromatic heterocycles. The Morgan fingerprint density at radius 3 is 2.53 bits per heavy atom. The van der Waals surface area contributed by atoms with Crippen LogP contribution in [0.3, 0.4) is 0 Å². The first kappa shape index (κ1) is 28.0. The topological polar surface area (TPSA) is 147 Å². The fraction of sp³-hybridized carbons (Fsp3) is 0.182. The predicted octanol–water partition coefficient (Wildman–Crippen LogP) is 5.00. The van der Waals surface area contributed by atoms with E-state index < -0.39 is 5.82 Å². The number of halogens is 1. The Bertz CT molecular complexity index is 2010. The molecule has 0 spiro atoms. The molecule has 1 aromatic carbocycles. The summed E-state index contributed by atoms with van der Waals surface area (Å²) in [7, 11) is 0. The molecule has 222 valence electrons. The average molecular weight is 598 g/mol. The van der Waals surface area contributed by atoms with Gasteiger partial charge in [0, 0.05) is 55.5 Å². The zero-order valence-corrected chi connectivity index (χ0v) is 24.2. The van der Waals surface area contributed by atoms with Gasteiger partial charge < -0.3 is 11.1 Å². The molecule has 0 amide bonds. The molecule has 0 unspecified atom stereocenters. The number of nitriles is 1. The van der Waals surface area contributed by atoms with Gasteiger partial charge in [0.25, 0.3) is 0 Å². The number of imidazole rings is 1. The van der Waals surface area contributed by atoms with E-state index in [4.69, 9.17) is 16.0 Å². The number of piperidine rings is 1. The molecule has 45 heavy (non-hydrogen) atoms. The second-order valence-corrected chi connectivity index (χ2v) is 10.9. The van der Waals surface area contributed by atoms with Crippen molar-refractivity contribution in [3.05, 3.63) is 103 Å². The second kappa shape index (κ2) is 12.1. The van der Waals surface area contributed by atoms with Gasteiger partial charge in [-0.05, 0) is 66.9 Å². The van der Waals surface area contributed by atoms with Crippen molar-refractivity contribution in [3.8, 4) is 34.4 Å². The Balaban J connectivity index is 1.13. The molecule has 1 aliphatic heterocycles. The van der Waals surface area contributed by atoms with Crippen LogP contribution in [0, 0.1) is 17.1 Å². The van der Waals surface area contributed by atoms with Crippen molar-refractivity contribution in [2.24, 2.45) is 0 Å². The zero-order valence-electron chi connectivity index (χ0n) is 24.2. The predicted molar refractivity (Wildman–Crippen MR) is 168 cm³/mol. The third kappa shape index (κ3) is 5.89. The summed E-state index contributed by atoms with van der Waals surface area (Å²) in [5.41, 5.74) is 11.8. The number of likely N-dealkylation sites (tertiary alicyclic amines) is 1. The molecule has 0 aliphatic carbocycles. The van der Waals surface area contributed by atoms with Gasteiger partial charge in [-0.2, -0.15) is 5.26 Å². The first-order chi connectivity index (χ1) is 22.0. The molecular formula is C33H28FN11. The number of nitrogens with two attached hydrogens (primary N) is 1. The first-order valence-corrected chi connectivity index (χ1v) is 14.6. The van der Waals surface area contributed by atoms with Crippen LogP contribution in [0.15, 0.2) is 85.5 Å². The Morgan fingerprint density at radius 2 is 1.78 bits per heavy atom. The van der Waals surface area contributed by atoms with Crippen molar-refractivity contribution in [1.29, 1.82) is 5.26 Å². The van der Waals surface area contributed by atoms with Gasteiger partial charge in [0.05, 0.1) is 23.0 Å². The standard InChI is InChI=1S/C33H28FN11/c34-23-5-8-27(39-19-23)22-16-28-32(40-18-22)43-33(26-2-1-12-38-31(26)36)45(28)25-6-3-21(4-7-25)20-44-14-10-24(11-15-44)41-29-9-13-37-30(17-35)42-29/h1-9,12-13,16,18-19,24H,10-11,14-15,20H2,(H2,36,38)(H,37,41,42). The third-order valence-corrected chi connectivity index (χ3v) is 7.91. The van der Waals surface area contributed by atoms with E-state index in [1.807, 2.05) is 28.8 Å². The fourth-order valence-corrected chi connectivity index (χ4v) is 5.64. The van der Waals surface area contributed by atoms with Crippen molar-refractivity contribution < 1.29 is 4.39 Å². The van der Waals surface area contributed by atoms with E-state index in [1.165, 1.54) is 17.8 Å². The fourth-order valence-electron chi connectivity index (χ4n) is 5.64. The Labute approximate surface area is 258 Å². The van der Waals surface area contributed by atoms with Gasteiger partial charge in [0.2, 0.25) is 5.82 Å². The van der Waals surface area contributed by atoms with Gasteiger partial charge in [-0.15, -0.1) is 0 Å². The van der Waals surface area contributed by atoms with Gasteiger partial charge in [-0.25, -0.2) is 29.3 Å². The van der Waals surface area contributed by atoms with Gasteiger partial charge in [-0.1, -0.05) is 12.1 Å². The lowest BCUT2D eigenvalue weighted by Gasteiger charge is -2.32. The number of aromatic nitrogens is 7. The van der Waals surface area contributed by atoms with Crippen LogP contribution in [0.2, 0.25) is 0 Å². The average Bonchev–Trinajstić information content (AvgIpc) is 3.45. The number of fused-ring (bicyclic) bond motifs is 1. The van der Waals surface area contributed by atoms with E-state index in [-0.39, 0.29) is 5.82 Å². The SMILES string of the molecule is N#Cc1nccc(NC2CCN(Cc3ccc(-n4c(-c5cccnc5N)nc5ncc(-c6ccc(F)cn6)cc54)cc3)CC2)n1. The number of hydrogen-bond donors (Lipinski definition) is 2. The Hall–Kier alpha value is -5.80. The van der Waals surface area contributed by atoms with Crippen molar-refractivity contribution in [1.82, 2.24) is 39.4 Å². The van der Waals surface area contributed by atoms with Crippen LogP contribution >= 0.6 is 0 Å². The molecule has 11 nitrogen and oxygen atoms in total. The van der Waals surface area contributed by atoms with Gasteiger partial charge in [0.1, 0.15) is 23.5 Å². The highest BCUT2D eigenvalue weighted by Crippen LogP contribution is 2.32. The van der Waals surface area contributed by atoms with Crippen LogP contribution in [-0.2, 0) is 6.54 Å². The minimum absolute atomic E-state index is 0.169.